The molecule has 1 atom stereocenters. The monoisotopic (exact) mass is 549 g/mol. The van der Waals surface area contributed by atoms with E-state index in [1.807, 2.05) is 30.3 Å². The number of halogens is 1. The molecule has 1 aliphatic rings. The molecule has 0 spiro atoms. The molecular weight excluding hydrogens is 521 g/mol. The third-order valence-electron chi connectivity index (χ3n) is 7.01. The van der Waals surface area contributed by atoms with E-state index in [-0.39, 0.29) is 11.5 Å². The van der Waals surface area contributed by atoms with Crippen molar-refractivity contribution in [1.29, 1.82) is 0 Å². The Bertz CT molecular complexity index is 1670. The molecule has 2 aromatic carbocycles. The lowest BCUT2D eigenvalue weighted by Crippen LogP contribution is -2.29. The summed E-state index contributed by atoms with van der Waals surface area (Å²) in [7, 11) is -2.96. The van der Waals surface area contributed by atoms with Crippen molar-refractivity contribution in [2.24, 2.45) is 5.92 Å². The highest BCUT2D eigenvalue weighted by molar-refractivity contribution is 7.91. The summed E-state index contributed by atoms with van der Waals surface area (Å²) in [5.74, 6) is -0.655. The van der Waals surface area contributed by atoms with Gasteiger partial charge in [-0.1, -0.05) is 42.5 Å². The van der Waals surface area contributed by atoms with Gasteiger partial charge in [-0.25, -0.2) is 13.4 Å². The third kappa shape index (κ3) is 5.22. The number of hydrogen-bond donors (Lipinski definition) is 1. The van der Waals surface area contributed by atoms with Gasteiger partial charge in [0.1, 0.15) is 5.82 Å². The average molecular weight is 550 g/mol. The van der Waals surface area contributed by atoms with Gasteiger partial charge < -0.3 is 9.84 Å². The van der Waals surface area contributed by atoms with Crippen molar-refractivity contribution in [1.82, 2.24) is 14.5 Å². The number of nitrogens with zero attached hydrogens (tertiary/aromatic N) is 3. The number of aromatic hydroxyl groups is 1. The van der Waals surface area contributed by atoms with Crippen molar-refractivity contribution in [2.75, 3.05) is 13.7 Å². The zero-order chi connectivity index (χ0) is 27.7. The van der Waals surface area contributed by atoms with Crippen LogP contribution in [-0.4, -0.2) is 41.8 Å². The number of hydrogen-bond acceptors (Lipinski definition) is 7. The van der Waals surface area contributed by atoms with E-state index in [0.29, 0.717) is 34.9 Å². The van der Waals surface area contributed by atoms with Gasteiger partial charge in [-0.05, 0) is 60.6 Å². The first-order valence-electron chi connectivity index (χ1n) is 12.6. The maximum atomic E-state index is 14.0. The van der Waals surface area contributed by atoms with Crippen molar-refractivity contribution in [3.8, 4) is 17.0 Å². The van der Waals surface area contributed by atoms with Gasteiger partial charge in [-0.15, -0.1) is 0 Å². The normalized spacial score (nSPS) is 14.3. The maximum absolute atomic E-state index is 14.0. The molecule has 0 amide bonds. The van der Waals surface area contributed by atoms with Crippen LogP contribution in [0.5, 0.6) is 5.88 Å². The van der Waals surface area contributed by atoms with Gasteiger partial charge >= 0.3 is 0 Å². The van der Waals surface area contributed by atoms with Gasteiger partial charge in [-0.3, -0.25) is 9.36 Å². The average Bonchev–Trinajstić information content (AvgIpc) is 3.74. The van der Waals surface area contributed by atoms with E-state index in [0.717, 1.165) is 18.4 Å². The molecule has 0 saturated heterocycles. The lowest BCUT2D eigenvalue weighted by Gasteiger charge is -2.25. The Morgan fingerprint density at radius 1 is 1.10 bits per heavy atom. The van der Waals surface area contributed by atoms with Crippen LogP contribution in [0.1, 0.15) is 35.8 Å². The van der Waals surface area contributed by atoms with Crippen LogP contribution in [0.15, 0.2) is 81.4 Å². The van der Waals surface area contributed by atoms with Crippen LogP contribution in [0.2, 0.25) is 0 Å². The van der Waals surface area contributed by atoms with E-state index in [1.54, 1.807) is 13.0 Å². The topological polar surface area (TPSA) is 111 Å². The Balaban J connectivity index is 1.64. The van der Waals surface area contributed by atoms with Gasteiger partial charge in [-0.2, -0.15) is 9.37 Å². The number of aromatic nitrogens is 3. The van der Waals surface area contributed by atoms with Crippen LogP contribution in [0.25, 0.3) is 11.1 Å². The Hall–Kier alpha value is -3.89. The first kappa shape index (κ1) is 26.7. The lowest BCUT2D eigenvalue weighted by molar-refractivity contribution is 0.161. The van der Waals surface area contributed by atoms with Gasteiger partial charge in [0.2, 0.25) is 21.7 Å². The number of rotatable bonds is 9. The summed E-state index contributed by atoms with van der Waals surface area (Å²) in [5, 5.41) is 11.5. The van der Waals surface area contributed by atoms with Crippen molar-refractivity contribution in [2.45, 2.75) is 42.0 Å². The fourth-order valence-corrected chi connectivity index (χ4v) is 6.09. The highest BCUT2D eigenvalue weighted by Crippen LogP contribution is 2.37. The van der Waals surface area contributed by atoms with E-state index >= 15 is 0 Å². The van der Waals surface area contributed by atoms with Crippen molar-refractivity contribution >= 4 is 9.84 Å². The summed E-state index contributed by atoms with van der Waals surface area (Å²) in [4.78, 5) is 20.0. The van der Waals surface area contributed by atoms with E-state index < -0.39 is 38.2 Å². The summed E-state index contributed by atoms with van der Waals surface area (Å²) >= 11 is 0. The predicted molar refractivity (Wildman–Crippen MR) is 143 cm³/mol. The molecule has 1 N–H and O–H groups in total. The second kappa shape index (κ2) is 10.7. The first-order chi connectivity index (χ1) is 18.7. The predicted octanol–water partition coefficient (Wildman–Crippen LogP) is 4.48. The maximum Gasteiger partial charge on any atom is 0.296 e. The van der Waals surface area contributed by atoms with Gasteiger partial charge in [0.25, 0.3) is 5.56 Å². The summed E-state index contributed by atoms with van der Waals surface area (Å²) < 4.78 is 48.3. The van der Waals surface area contributed by atoms with Crippen LogP contribution in [0, 0.1) is 18.8 Å². The molecule has 8 nitrogen and oxygen atoms in total. The Labute approximate surface area is 225 Å². The molecule has 1 unspecified atom stereocenters. The molecule has 0 bridgehead atoms. The van der Waals surface area contributed by atoms with E-state index in [1.165, 1.54) is 42.1 Å². The molecule has 4 aromatic rings. The minimum absolute atomic E-state index is 0.121. The van der Waals surface area contributed by atoms with Crippen LogP contribution in [0.4, 0.5) is 4.39 Å². The molecule has 10 heteroatoms. The van der Waals surface area contributed by atoms with Crippen LogP contribution >= 0.6 is 0 Å². The Morgan fingerprint density at radius 2 is 1.79 bits per heavy atom. The van der Waals surface area contributed by atoms with E-state index in [2.05, 4.69) is 9.97 Å². The molecule has 1 saturated carbocycles. The molecule has 1 aliphatic carbocycles. The lowest BCUT2D eigenvalue weighted by atomic mass is 10.0. The van der Waals surface area contributed by atoms with Gasteiger partial charge in [0.05, 0.1) is 17.5 Å². The molecule has 0 aliphatic heterocycles. The molecule has 39 heavy (non-hydrogen) atoms. The number of benzene rings is 2. The van der Waals surface area contributed by atoms with Crippen molar-refractivity contribution in [3.05, 3.63) is 100 Å². The fraction of sp³-hybridized carbons (Fsp3) is 0.276. The number of pyridine rings is 1. The smallest absolute Gasteiger partial charge is 0.296 e. The van der Waals surface area contributed by atoms with Crippen LogP contribution in [0.3, 0.4) is 0 Å². The number of sulfone groups is 1. The Kier molecular flexibility index (Phi) is 7.33. The van der Waals surface area contributed by atoms with Crippen LogP contribution < -0.4 is 5.56 Å². The second-order valence-corrected chi connectivity index (χ2v) is 11.6. The number of methoxy groups -OCH3 is 1. The highest BCUT2D eigenvalue weighted by Gasteiger charge is 2.34. The largest absolute Gasteiger partial charge is 0.493 e. The fourth-order valence-electron chi connectivity index (χ4n) is 4.74. The Morgan fingerprint density at radius 3 is 2.44 bits per heavy atom. The highest BCUT2D eigenvalue weighted by atomic mass is 32.2. The summed E-state index contributed by atoms with van der Waals surface area (Å²) in [6.07, 6.45) is 3.72. The van der Waals surface area contributed by atoms with Gasteiger partial charge in [0, 0.05) is 25.3 Å². The zero-order valence-electron chi connectivity index (χ0n) is 21.5. The minimum atomic E-state index is -4.47. The van der Waals surface area contributed by atoms with E-state index in [4.69, 9.17) is 4.74 Å². The SMILES string of the molecule is COCC(c1ccccc1)n1c(CC2CC2)nc(=O)c(S(=O)(=O)c2ccc(-c3ccnc(F)c3C)cc2)c1O. The van der Waals surface area contributed by atoms with Gasteiger partial charge in [0.15, 0.2) is 4.90 Å². The quantitative estimate of drug-likeness (QED) is 0.307. The summed E-state index contributed by atoms with van der Waals surface area (Å²) in [5.41, 5.74) is 1.23. The third-order valence-corrected chi connectivity index (χ3v) is 8.80. The zero-order valence-corrected chi connectivity index (χ0v) is 22.4. The molecule has 5 rings (SSSR count). The molecule has 1 fully saturated rings. The van der Waals surface area contributed by atoms with Crippen molar-refractivity contribution in [3.63, 3.8) is 0 Å². The standard InChI is InChI=1S/C29H28FN3O5S/c1-18-23(14-15-31-27(18)30)20-10-12-22(13-11-20)39(36,37)26-28(34)32-25(16-19-8-9-19)33(29(26)35)24(17-38-2)21-6-4-3-5-7-21/h3-7,10-15,19,24,35H,8-9,16-17H2,1-2H3. The van der Waals surface area contributed by atoms with E-state index in [9.17, 15) is 22.7 Å². The molecule has 2 aromatic heterocycles. The minimum Gasteiger partial charge on any atom is -0.493 e. The summed E-state index contributed by atoms with van der Waals surface area (Å²) in [6.45, 7) is 1.71. The second-order valence-electron chi connectivity index (χ2n) is 9.69. The molecule has 0 radical (unpaired) electrons. The summed E-state index contributed by atoms with van der Waals surface area (Å²) in [6, 6.07) is 15.9. The van der Waals surface area contributed by atoms with Crippen molar-refractivity contribution < 1.29 is 22.7 Å². The molecule has 202 valence electrons. The number of ether oxygens (including phenoxy) is 1. The molecular formula is C29H28FN3O5S. The molecule has 2 heterocycles. The van der Waals surface area contributed by atoms with Crippen LogP contribution in [-0.2, 0) is 21.0 Å². The first-order valence-corrected chi connectivity index (χ1v) is 14.1.